The van der Waals surface area contributed by atoms with Crippen molar-refractivity contribution in [3.63, 3.8) is 0 Å². The van der Waals surface area contributed by atoms with Crippen LogP contribution < -0.4 is 14.8 Å². The standard InChI is InChI=1S/C25H20F3N5O4S/c26-25(27,28)23(34)33-38(35,36)15-18-9-6-10-19(13-18)31-24-30-16-29-22(32-24)20-11-4-5-12-21(20)37-14-17-7-2-1-3-8-17/h1-13,16H,14-15H2,(H,33,34)(H,29,30,31,32). The summed E-state index contributed by atoms with van der Waals surface area (Å²) in [6, 6.07) is 22.7. The van der Waals surface area contributed by atoms with Gasteiger partial charge in [-0.2, -0.15) is 18.2 Å². The number of rotatable bonds is 9. The Morgan fingerprint density at radius 2 is 1.61 bits per heavy atom. The molecule has 0 aliphatic heterocycles. The Bertz CT molecular complexity index is 1530. The molecular weight excluding hydrogens is 523 g/mol. The van der Waals surface area contributed by atoms with Gasteiger partial charge in [0.1, 0.15) is 18.7 Å². The smallest absolute Gasteiger partial charge is 0.472 e. The topological polar surface area (TPSA) is 123 Å². The van der Waals surface area contributed by atoms with Crippen LogP contribution >= 0.6 is 0 Å². The average molecular weight is 544 g/mol. The van der Waals surface area contributed by atoms with Crippen molar-refractivity contribution in [3.8, 4) is 17.1 Å². The van der Waals surface area contributed by atoms with E-state index in [2.05, 4.69) is 20.3 Å². The Morgan fingerprint density at radius 3 is 2.37 bits per heavy atom. The number of amides is 1. The molecule has 0 bridgehead atoms. The van der Waals surface area contributed by atoms with Crippen LogP contribution in [-0.2, 0) is 27.2 Å². The Morgan fingerprint density at radius 1 is 0.895 bits per heavy atom. The van der Waals surface area contributed by atoms with Gasteiger partial charge in [-0.15, -0.1) is 0 Å². The molecule has 196 valence electrons. The second-order valence-corrected chi connectivity index (χ2v) is 9.64. The van der Waals surface area contributed by atoms with Crippen molar-refractivity contribution >= 4 is 27.6 Å². The molecule has 0 fully saturated rings. The highest BCUT2D eigenvalue weighted by Gasteiger charge is 2.41. The quantitative estimate of drug-likeness (QED) is 0.319. The minimum absolute atomic E-state index is 0.131. The van der Waals surface area contributed by atoms with E-state index >= 15 is 0 Å². The molecule has 0 unspecified atom stereocenters. The maximum Gasteiger partial charge on any atom is 0.472 e. The number of alkyl halides is 3. The van der Waals surface area contributed by atoms with Crippen molar-refractivity contribution < 1.29 is 31.1 Å². The van der Waals surface area contributed by atoms with Crippen LogP contribution in [0.5, 0.6) is 5.75 Å². The maximum atomic E-state index is 12.4. The molecule has 1 heterocycles. The number of nitrogens with one attached hydrogen (secondary N) is 2. The van der Waals surface area contributed by atoms with Crippen LogP contribution in [0.3, 0.4) is 0 Å². The lowest BCUT2D eigenvalue weighted by atomic mass is 10.2. The van der Waals surface area contributed by atoms with Crippen molar-refractivity contribution in [2.45, 2.75) is 18.5 Å². The second kappa shape index (κ2) is 11.3. The number of hydrogen-bond donors (Lipinski definition) is 2. The van der Waals surface area contributed by atoms with Crippen LogP contribution in [0.4, 0.5) is 24.8 Å². The molecule has 0 aliphatic carbocycles. The number of ether oxygens (including phenoxy) is 1. The number of sulfonamides is 1. The van der Waals surface area contributed by atoms with Gasteiger partial charge in [-0.1, -0.05) is 54.6 Å². The molecule has 0 atom stereocenters. The van der Waals surface area contributed by atoms with E-state index < -0.39 is 27.9 Å². The van der Waals surface area contributed by atoms with Crippen molar-refractivity contribution in [3.05, 3.63) is 96.3 Å². The van der Waals surface area contributed by atoms with Gasteiger partial charge in [-0.05, 0) is 35.4 Å². The summed E-state index contributed by atoms with van der Waals surface area (Å²) in [5.74, 6) is -2.39. The summed E-state index contributed by atoms with van der Waals surface area (Å²) < 4.78 is 68.2. The van der Waals surface area contributed by atoms with Gasteiger partial charge in [0, 0.05) is 5.69 Å². The minimum Gasteiger partial charge on any atom is -0.488 e. The Labute approximate surface area is 215 Å². The van der Waals surface area contributed by atoms with Crippen LogP contribution in [0.25, 0.3) is 11.4 Å². The number of nitrogens with zero attached hydrogens (tertiary/aromatic N) is 3. The first-order valence-corrected chi connectivity index (χ1v) is 12.7. The summed E-state index contributed by atoms with van der Waals surface area (Å²) in [4.78, 5) is 23.7. The number of halogens is 3. The van der Waals surface area contributed by atoms with Gasteiger partial charge in [-0.3, -0.25) is 4.79 Å². The van der Waals surface area contributed by atoms with Gasteiger partial charge in [0.05, 0.1) is 11.3 Å². The summed E-state index contributed by atoms with van der Waals surface area (Å²) in [5.41, 5.74) is 2.10. The van der Waals surface area contributed by atoms with Crippen molar-refractivity contribution in [1.82, 2.24) is 19.7 Å². The molecule has 1 aromatic heterocycles. The van der Waals surface area contributed by atoms with Crippen LogP contribution in [-0.4, -0.2) is 35.5 Å². The molecule has 0 saturated carbocycles. The first-order chi connectivity index (χ1) is 18.1. The average Bonchev–Trinajstić information content (AvgIpc) is 2.87. The number of carbonyl (C=O) groups excluding carboxylic acids is 1. The van der Waals surface area contributed by atoms with E-state index in [1.807, 2.05) is 42.5 Å². The third kappa shape index (κ3) is 7.26. The molecule has 1 amide bonds. The van der Waals surface area contributed by atoms with Crippen molar-refractivity contribution in [2.24, 2.45) is 0 Å². The zero-order valence-corrected chi connectivity index (χ0v) is 20.3. The number of carbonyl (C=O) groups is 1. The van der Waals surface area contributed by atoms with Crippen LogP contribution in [0.1, 0.15) is 11.1 Å². The predicted molar refractivity (Wildman–Crippen MR) is 133 cm³/mol. The van der Waals surface area contributed by atoms with Gasteiger partial charge in [0.15, 0.2) is 5.82 Å². The lowest BCUT2D eigenvalue weighted by Crippen LogP contribution is -2.41. The van der Waals surface area contributed by atoms with Crippen LogP contribution in [0, 0.1) is 0 Å². The van der Waals surface area contributed by atoms with E-state index in [1.54, 1.807) is 18.2 Å². The molecular formula is C25H20F3N5O4S. The molecule has 9 nitrogen and oxygen atoms in total. The number of aromatic nitrogens is 3. The highest BCUT2D eigenvalue weighted by Crippen LogP contribution is 2.28. The Kier molecular flexibility index (Phi) is 7.86. The minimum atomic E-state index is -5.32. The highest BCUT2D eigenvalue weighted by molar-refractivity contribution is 7.89. The molecule has 38 heavy (non-hydrogen) atoms. The summed E-state index contributed by atoms with van der Waals surface area (Å²) >= 11 is 0. The number of para-hydroxylation sites is 1. The molecule has 0 aliphatic rings. The number of anilines is 2. The molecule has 0 spiro atoms. The zero-order chi connectivity index (χ0) is 27.2. The molecule has 0 radical (unpaired) electrons. The predicted octanol–water partition coefficient (Wildman–Crippen LogP) is 4.37. The third-order valence-corrected chi connectivity index (χ3v) is 6.19. The monoisotopic (exact) mass is 543 g/mol. The molecule has 4 rings (SSSR count). The largest absolute Gasteiger partial charge is 0.488 e. The van der Waals surface area contributed by atoms with Gasteiger partial charge in [-0.25, -0.2) is 23.1 Å². The zero-order valence-electron chi connectivity index (χ0n) is 19.5. The highest BCUT2D eigenvalue weighted by atomic mass is 32.2. The lowest BCUT2D eigenvalue weighted by Gasteiger charge is -2.12. The van der Waals surface area contributed by atoms with Gasteiger partial charge < -0.3 is 10.1 Å². The second-order valence-electron chi connectivity index (χ2n) is 7.92. The van der Waals surface area contributed by atoms with E-state index in [4.69, 9.17) is 4.74 Å². The molecule has 13 heteroatoms. The molecule has 0 saturated heterocycles. The maximum absolute atomic E-state index is 12.4. The van der Waals surface area contributed by atoms with Crippen molar-refractivity contribution in [1.29, 1.82) is 0 Å². The summed E-state index contributed by atoms with van der Waals surface area (Å²) in [5, 5.41) is 2.92. The summed E-state index contributed by atoms with van der Waals surface area (Å²) in [7, 11) is -4.58. The molecule has 4 aromatic rings. The van der Waals surface area contributed by atoms with Crippen LogP contribution in [0.15, 0.2) is 85.2 Å². The first kappa shape index (κ1) is 26.5. The van der Waals surface area contributed by atoms with E-state index in [0.29, 0.717) is 29.4 Å². The Hall–Kier alpha value is -4.52. The normalized spacial score (nSPS) is 11.6. The van der Waals surface area contributed by atoms with Gasteiger partial charge in [0.25, 0.3) is 0 Å². The fourth-order valence-electron chi connectivity index (χ4n) is 3.32. The fourth-order valence-corrected chi connectivity index (χ4v) is 4.41. The summed E-state index contributed by atoms with van der Waals surface area (Å²) in [6.07, 6.45) is -4.03. The lowest BCUT2D eigenvalue weighted by molar-refractivity contribution is -0.171. The number of benzene rings is 3. The fraction of sp³-hybridized carbons (Fsp3) is 0.120. The van der Waals surface area contributed by atoms with E-state index in [9.17, 15) is 26.4 Å². The third-order valence-electron chi connectivity index (χ3n) is 4.98. The number of hydrogen-bond acceptors (Lipinski definition) is 8. The van der Waals surface area contributed by atoms with Crippen LogP contribution in [0.2, 0.25) is 0 Å². The first-order valence-electron chi connectivity index (χ1n) is 11.0. The van der Waals surface area contributed by atoms with E-state index in [-0.39, 0.29) is 11.5 Å². The molecule has 2 N–H and O–H groups in total. The Balaban J connectivity index is 1.49. The van der Waals surface area contributed by atoms with Crippen molar-refractivity contribution in [2.75, 3.05) is 5.32 Å². The summed E-state index contributed by atoms with van der Waals surface area (Å²) in [6.45, 7) is 0.340. The molecule has 3 aromatic carbocycles. The SMILES string of the molecule is O=C(NS(=O)(=O)Cc1cccc(Nc2ncnc(-c3ccccc3OCc3ccccc3)n2)c1)C(F)(F)F. The van der Waals surface area contributed by atoms with E-state index in [0.717, 1.165) is 10.3 Å². The van der Waals surface area contributed by atoms with E-state index in [1.165, 1.54) is 24.5 Å². The van der Waals surface area contributed by atoms with Gasteiger partial charge in [0.2, 0.25) is 16.0 Å². The van der Waals surface area contributed by atoms with Gasteiger partial charge >= 0.3 is 12.1 Å².